The second kappa shape index (κ2) is 7.94. The summed E-state index contributed by atoms with van der Waals surface area (Å²) in [4.78, 5) is 14.1. The smallest absolute Gasteiger partial charge is 0.416 e. The maximum atomic E-state index is 13.0. The number of furan rings is 1. The molecule has 9 heteroatoms. The number of nitrogens with zero attached hydrogens (tertiary/aromatic N) is 1. The number of carbonyl (C=O) groups is 1. The minimum atomic E-state index is -4.52. The van der Waals surface area contributed by atoms with Gasteiger partial charge in [-0.2, -0.15) is 13.2 Å². The topological polar surface area (TPSA) is 33.5 Å². The monoisotopic (exact) mass is 465 g/mol. The van der Waals surface area contributed by atoms with E-state index in [2.05, 4.69) is 0 Å². The van der Waals surface area contributed by atoms with Gasteiger partial charge in [-0.05, 0) is 42.5 Å². The van der Waals surface area contributed by atoms with Crippen LogP contribution in [0.15, 0.2) is 70.0 Å². The van der Waals surface area contributed by atoms with Gasteiger partial charge in [0.2, 0.25) is 0 Å². The summed E-state index contributed by atoms with van der Waals surface area (Å²) in [7, 11) is 0. The molecule has 1 aromatic heterocycles. The van der Waals surface area contributed by atoms with Crippen LogP contribution in [0.4, 0.5) is 18.9 Å². The molecule has 1 aliphatic heterocycles. The van der Waals surface area contributed by atoms with Crippen LogP contribution < -0.4 is 4.90 Å². The van der Waals surface area contributed by atoms with Gasteiger partial charge in [0.05, 0.1) is 21.2 Å². The van der Waals surface area contributed by atoms with Crippen LogP contribution in [-0.2, 0) is 11.0 Å². The quantitative estimate of drug-likeness (QED) is 0.307. The number of alkyl halides is 3. The van der Waals surface area contributed by atoms with Gasteiger partial charge in [-0.3, -0.25) is 9.69 Å². The molecular weight excluding hydrogens is 455 g/mol. The second-order valence-electron chi connectivity index (χ2n) is 6.25. The lowest BCUT2D eigenvalue weighted by molar-refractivity contribution is -0.137. The molecule has 30 heavy (non-hydrogen) atoms. The summed E-state index contributed by atoms with van der Waals surface area (Å²) in [6.45, 7) is 0. The van der Waals surface area contributed by atoms with Crippen LogP contribution >= 0.6 is 35.6 Å². The van der Waals surface area contributed by atoms with Crippen molar-refractivity contribution in [1.82, 2.24) is 0 Å². The predicted molar refractivity (Wildman–Crippen MR) is 116 cm³/mol. The van der Waals surface area contributed by atoms with Crippen molar-refractivity contribution in [2.45, 2.75) is 6.18 Å². The first-order valence-electron chi connectivity index (χ1n) is 8.54. The first-order chi connectivity index (χ1) is 14.2. The van der Waals surface area contributed by atoms with Crippen molar-refractivity contribution >= 4 is 57.6 Å². The molecule has 152 valence electrons. The maximum Gasteiger partial charge on any atom is 0.416 e. The summed E-state index contributed by atoms with van der Waals surface area (Å²) in [5.41, 5.74) is -0.0873. The highest BCUT2D eigenvalue weighted by molar-refractivity contribution is 8.27. The van der Waals surface area contributed by atoms with Crippen molar-refractivity contribution in [3.63, 3.8) is 0 Å². The Hall–Kier alpha value is -2.55. The third-order valence-corrected chi connectivity index (χ3v) is 5.90. The largest absolute Gasteiger partial charge is 0.457 e. The maximum absolute atomic E-state index is 13.0. The molecule has 0 bridgehead atoms. The minimum absolute atomic E-state index is 0.0620. The predicted octanol–water partition coefficient (Wildman–Crippen LogP) is 7.02. The number of thiocarbonyl (C=S) groups is 1. The summed E-state index contributed by atoms with van der Waals surface area (Å²) in [6.07, 6.45) is -3.01. The zero-order valence-corrected chi connectivity index (χ0v) is 17.3. The molecule has 1 fully saturated rings. The molecule has 0 radical (unpaired) electrons. The lowest BCUT2D eigenvalue weighted by Gasteiger charge is -2.16. The van der Waals surface area contributed by atoms with Crippen molar-refractivity contribution in [2.75, 3.05) is 4.90 Å². The van der Waals surface area contributed by atoms with Gasteiger partial charge >= 0.3 is 6.18 Å². The molecule has 0 N–H and O–H groups in total. The SMILES string of the molecule is O=C1C(=Cc2ccc(-c3ccccc3Cl)o2)SC(=S)N1c1cccc(C(F)(F)F)c1. The highest BCUT2D eigenvalue weighted by Crippen LogP contribution is 2.39. The number of anilines is 1. The van der Waals surface area contributed by atoms with Crippen molar-refractivity contribution in [3.05, 3.63) is 81.9 Å². The van der Waals surface area contributed by atoms with Crippen molar-refractivity contribution in [2.24, 2.45) is 0 Å². The van der Waals surface area contributed by atoms with Crippen LogP contribution in [0.5, 0.6) is 0 Å². The molecule has 1 aliphatic rings. The van der Waals surface area contributed by atoms with E-state index in [1.165, 1.54) is 18.2 Å². The molecule has 3 aromatic rings. The summed E-state index contributed by atoms with van der Waals surface area (Å²) < 4.78 is 44.9. The molecule has 3 nitrogen and oxygen atoms in total. The second-order valence-corrected chi connectivity index (χ2v) is 8.33. The minimum Gasteiger partial charge on any atom is -0.457 e. The summed E-state index contributed by atoms with van der Waals surface area (Å²) >= 11 is 12.4. The third-order valence-electron chi connectivity index (χ3n) is 4.26. The van der Waals surface area contributed by atoms with E-state index in [9.17, 15) is 18.0 Å². The molecule has 0 atom stereocenters. The van der Waals surface area contributed by atoms with Crippen molar-refractivity contribution in [3.8, 4) is 11.3 Å². The highest BCUT2D eigenvalue weighted by atomic mass is 35.5. The highest BCUT2D eigenvalue weighted by Gasteiger charge is 2.36. The zero-order valence-electron chi connectivity index (χ0n) is 14.9. The lowest BCUT2D eigenvalue weighted by atomic mass is 10.2. The van der Waals surface area contributed by atoms with Crippen LogP contribution in [0.3, 0.4) is 0 Å². The Kier molecular flexibility index (Phi) is 5.48. The van der Waals surface area contributed by atoms with Crippen LogP contribution in [0.1, 0.15) is 11.3 Å². The van der Waals surface area contributed by atoms with Gasteiger partial charge in [-0.1, -0.05) is 53.8 Å². The molecular formula is C21H11ClF3NO2S2. The van der Waals surface area contributed by atoms with E-state index >= 15 is 0 Å². The van der Waals surface area contributed by atoms with Crippen LogP contribution in [-0.4, -0.2) is 10.2 Å². The molecule has 0 unspecified atom stereocenters. The van der Waals surface area contributed by atoms with Gasteiger partial charge in [0.15, 0.2) is 4.32 Å². The molecule has 0 aliphatic carbocycles. The molecule has 2 aromatic carbocycles. The molecule has 4 rings (SSSR count). The fourth-order valence-electron chi connectivity index (χ4n) is 2.88. The number of hydrogen-bond acceptors (Lipinski definition) is 4. The van der Waals surface area contributed by atoms with E-state index in [1.54, 1.807) is 30.3 Å². The van der Waals surface area contributed by atoms with Crippen LogP contribution in [0.2, 0.25) is 5.02 Å². The van der Waals surface area contributed by atoms with E-state index in [-0.39, 0.29) is 14.9 Å². The lowest BCUT2D eigenvalue weighted by Crippen LogP contribution is -2.27. The van der Waals surface area contributed by atoms with Crippen LogP contribution in [0.25, 0.3) is 17.4 Å². The van der Waals surface area contributed by atoms with Gasteiger partial charge in [0.1, 0.15) is 11.5 Å². The molecule has 0 spiro atoms. The van der Waals surface area contributed by atoms with Crippen molar-refractivity contribution < 1.29 is 22.4 Å². The number of benzene rings is 2. The molecule has 1 amide bonds. The van der Waals surface area contributed by atoms with E-state index in [0.29, 0.717) is 22.1 Å². The van der Waals surface area contributed by atoms with Gasteiger partial charge in [0, 0.05) is 11.6 Å². The number of thioether (sulfide) groups is 1. The Balaban J connectivity index is 1.62. The van der Waals surface area contributed by atoms with Crippen LogP contribution in [0, 0.1) is 0 Å². The third kappa shape index (κ3) is 4.03. The summed E-state index contributed by atoms with van der Waals surface area (Å²) in [5.74, 6) is 0.412. The Morgan fingerprint density at radius 2 is 1.83 bits per heavy atom. The first kappa shape index (κ1) is 20.7. The molecule has 1 saturated heterocycles. The Bertz CT molecular complexity index is 1190. The number of amides is 1. The summed E-state index contributed by atoms with van der Waals surface area (Å²) in [6, 6.07) is 15.0. The number of rotatable bonds is 3. The fourth-order valence-corrected chi connectivity index (χ4v) is 4.38. The number of halogens is 4. The van der Waals surface area contributed by atoms with E-state index < -0.39 is 17.6 Å². The average molecular weight is 466 g/mol. The number of hydrogen-bond donors (Lipinski definition) is 0. The van der Waals surface area contributed by atoms with Crippen molar-refractivity contribution in [1.29, 1.82) is 0 Å². The van der Waals surface area contributed by atoms with Gasteiger partial charge in [-0.15, -0.1) is 0 Å². The van der Waals surface area contributed by atoms with Gasteiger partial charge < -0.3 is 4.42 Å². The average Bonchev–Trinajstić information content (AvgIpc) is 3.26. The first-order valence-corrected chi connectivity index (χ1v) is 10.1. The Morgan fingerprint density at radius 3 is 2.57 bits per heavy atom. The Morgan fingerprint density at radius 1 is 1.07 bits per heavy atom. The molecule has 0 saturated carbocycles. The number of carbonyl (C=O) groups excluding carboxylic acids is 1. The van der Waals surface area contributed by atoms with E-state index in [4.69, 9.17) is 28.2 Å². The van der Waals surface area contributed by atoms with Gasteiger partial charge in [0.25, 0.3) is 5.91 Å². The fraction of sp³-hybridized carbons (Fsp3) is 0.0476. The molecule has 2 heterocycles. The van der Waals surface area contributed by atoms with E-state index in [0.717, 1.165) is 28.8 Å². The Labute approximate surface area is 184 Å². The van der Waals surface area contributed by atoms with Gasteiger partial charge in [-0.25, -0.2) is 0 Å². The zero-order chi connectivity index (χ0) is 21.5. The standard InChI is InChI=1S/C21H11ClF3NO2S2/c22-16-7-2-1-6-15(16)17-9-8-14(28-17)11-18-19(27)26(20(29)30-18)13-5-3-4-12(10-13)21(23,24)25/h1-11H. The summed E-state index contributed by atoms with van der Waals surface area (Å²) in [5, 5.41) is 0.522. The normalized spacial score (nSPS) is 16.0. The van der Waals surface area contributed by atoms with E-state index in [1.807, 2.05) is 6.07 Å².